The molecule has 0 unspecified atom stereocenters. The lowest BCUT2D eigenvalue weighted by Gasteiger charge is -2.39. The summed E-state index contributed by atoms with van der Waals surface area (Å²) in [4.78, 5) is 37.9. The molecule has 0 radical (unpaired) electrons. The zero-order valence-electron chi connectivity index (χ0n) is 17.0. The first-order valence-electron chi connectivity index (χ1n) is 10.2. The van der Waals surface area contributed by atoms with Gasteiger partial charge in [0.25, 0.3) is 11.5 Å². The Balaban J connectivity index is 1.78. The summed E-state index contributed by atoms with van der Waals surface area (Å²) in [7, 11) is 0. The van der Waals surface area contributed by atoms with Crippen molar-refractivity contribution in [3.05, 3.63) is 64.3 Å². The first-order chi connectivity index (χ1) is 14.4. The van der Waals surface area contributed by atoms with Gasteiger partial charge in [-0.1, -0.05) is 19.4 Å². The molecule has 3 rings (SSSR count). The van der Waals surface area contributed by atoms with Crippen molar-refractivity contribution in [1.82, 2.24) is 9.47 Å². The van der Waals surface area contributed by atoms with Gasteiger partial charge in [-0.25, -0.2) is 4.39 Å². The van der Waals surface area contributed by atoms with E-state index in [9.17, 15) is 18.8 Å². The number of anilines is 1. The number of amides is 2. The molecule has 1 saturated heterocycles. The van der Waals surface area contributed by atoms with E-state index in [1.165, 1.54) is 30.5 Å². The molecule has 2 atom stereocenters. The molecular weight excluding hydrogens is 387 g/mol. The number of carbonyl (C=O) groups excluding carboxylic acids is 2. The molecule has 0 aliphatic carbocycles. The van der Waals surface area contributed by atoms with Gasteiger partial charge in [-0.15, -0.1) is 0 Å². The quantitative estimate of drug-likeness (QED) is 0.726. The van der Waals surface area contributed by atoms with E-state index in [1.54, 1.807) is 11.0 Å². The van der Waals surface area contributed by atoms with E-state index in [1.807, 2.05) is 6.07 Å². The van der Waals surface area contributed by atoms with Gasteiger partial charge in [0, 0.05) is 37.1 Å². The number of piperidine rings is 1. The predicted molar refractivity (Wildman–Crippen MR) is 113 cm³/mol. The third-order valence-corrected chi connectivity index (χ3v) is 5.44. The lowest BCUT2D eigenvalue weighted by Crippen LogP contribution is -2.50. The topological polar surface area (TPSA) is 97.4 Å². The molecule has 1 aromatic carbocycles. The average Bonchev–Trinajstić information content (AvgIpc) is 2.70. The van der Waals surface area contributed by atoms with Gasteiger partial charge < -0.3 is 20.5 Å². The largest absolute Gasteiger partial charge is 0.380 e. The van der Waals surface area contributed by atoms with Crippen molar-refractivity contribution < 1.29 is 14.0 Å². The van der Waals surface area contributed by atoms with E-state index < -0.39 is 11.5 Å². The predicted octanol–water partition coefficient (Wildman–Crippen LogP) is 2.22. The van der Waals surface area contributed by atoms with Crippen LogP contribution in [-0.4, -0.2) is 40.4 Å². The lowest BCUT2D eigenvalue weighted by atomic mass is 9.87. The number of aromatic nitrogens is 1. The molecule has 1 aliphatic heterocycles. The fourth-order valence-electron chi connectivity index (χ4n) is 3.99. The smallest absolute Gasteiger partial charge is 0.255 e. The Morgan fingerprint density at radius 3 is 2.77 bits per heavy atom. The Bertz CT molecular complexity index is 975. The number of halogens is 1. The Hall–Kier alpha value is -3.16. The Morgan fingerprint density at radius 1 is 1.27 bits per heavy atom. The third-order valence-electron chi connectivity index (χ3n) is 5.44. The maximum atomic E-state index is 13.6. The van der Waals surface area contributed by atoms with E-state index in [-0.39, 0.29) is 24.3 Å². The van der Waals surface area contributed by atoms with Crippen molar-refractivity contribution in [3.8, 4) is 0 Å². The molecule has 0 spiro atoms. The highest BCUT2D eigenvalue weighted by molar-refractivity contribution is 5.94. The van der Waals surface area contributed by atoms with E-state index in [0.29, 0.717) is 30.3 Å². The summed E-state index contributed by atoms with van der Waals surface area (Å²) in [6, 6.07) is 9.03. The summed E-state index contributed by atoms with van der Waals surface area (Å²) >= 11 is 0. The molecule has 0 bridgehead atoms. The molecule has 1 aromatic heterocycles. The number of likely N-dealkylation sites (tertiary alicyclic amines) is 1. The summed E-state index contributed by atoms with van der Waals surface area (Å²) in [6.07, 6.45) is 4.24. The Kier molecular flexibility index (Phi) is 6.87. The molecule has 8 heteroatoms. The van der Waals surface area contributed by atoms with Crippen LogP contribution in [0.1, 0.15) is 36.5 Å². The van der Waals surface area contributed by atoms with Crippen LogP contribution >= 0.6 is 0 Å². The van der Waals surface area contributed by atoms with Crippen LogP contribution in [0.4, 0.5) is 10.1 Å². The van der Waals surface area contributed by atoms with Gasteiger partial charge in [0.2, 0.25) is 5.91 Å². The van der Waals surface area contributed by atoms with Crippen LogP contribution < -0.4 is 16.6 Å². The normalized spacial score (nSPS) is 18.8. The van der Waals surface area contributed by atoms with Crippen molar-refractivity contribution >= 4 is 17.5 Å². The van der Waals surface area contributed by atoms with Crippen molar-refractivity contribution in [1.29, 1.82) is 0 Å². The molecule has 0 saturated carbocycles. The molecule has 2 amide bonds. The van der Waals surface area contributed by atoms with E-state index >= 15 is 0 Å². The fraction of sp³-hybridized carbons (Fsp3) is 0.409. The minimum atomic E-state index is -0.651. The van der Waals surface area contributed by atoms with Crippen LogP contribution in [0.2, 0.25) is 0 Å². The maximum absolute atomic E-state index is 13.6. The molecule has 160 valence electrons. The highest BCUT2D eigenvalue weighted by atomic mass is 19.1. The Morgan fingerprint density at radius 2 is 2.07 bits per heavy atom. The van der Waals surface area contributed by atoms with Gasteiger partial charge in [-0.05, 0) is 43.0 Å². The summed E-state index contributed by atoms with van der Waals surface area (Å²) in [5.41, 5.74) is 5.80. The minimum Gasteiger partial charge on any atom is -0.380 e. The van der Waals surface area contributed by atoms with Gasteiger partial charge in [0.15, 0.2) is 0 Å². The van der Waals surface area contributed by atoms with Gasteiger partial charge in [0.05, 0.1) is 5.56 Å². The minimum absolute atomic E-state index is 0.0130. The van der Waals surface area contributed by atoms with Crippen molar-refractivity contribution in [2.24, 2.45) is 11.7 Å². The van der Waals surface area contributed by atoms with Crippen LogP contribution in [0.3, 0.4) is 0 Å². The first-order valence-corrected chi connectivity index (χ1v) is 10.2. The number of nitrogens with two attached hydrogens (primary N) is 1. The third kappa shape index (κ3) is 5.25. The summed E-state index contributed by atoms with van der Waals surface area (Å²) in [5, 5.41) is 3.39. The zero-order chi connectivity index (χ0) is 21.7. The molecule has 30 heavy (non-hydrogen) atoms. The lowest BCUT2D eigenvalue weighted by molar-refractivity contribution is -0.118. The zero-order valence-corrected chi connectivity index (χ0v) is 17.0. The van der Waals surface area contributed by atoms with E-state index in [4.69, 9.17) is 5.73 Å². The van der Waals surface area contributed by atoms with E-state index in [2.05, 4.69) is 12.2 Å². The van der Waals surface area contributed by atoms with Gasteiger partial charge >= 0.3 is 0 Å². The molecular formula is C22H27FN4O3. The summed E-state index contributed by atoms with van der Waals surface area (Å²) in [5.74, 6) is -0.811. The summed E-state index contributed by atoms with van der Waals surface area (Å²) < 4.78 is 14.7. The first kappa shape index (κ1) is 21.5. The monoisotopic (exact) mass is 414 g/mol. The van der Waals surface area contributed by atoms with Crippen molar-refractivity contribution in [2.75, 3.05) is 18.4 Å². The molecule has 1 fully saturated rings. The van der Waals surface area contributed by atoms with Crippen molar-refractivity contribution in [3.63, 3.8) is 0 Å². The SMILES string of the molecule is CCC[C@H]1CCN(C(=O)c2ccc(=O)n(CC(N)=O)c2)C[C@H]1Nc1cccc(F)c1. The number of hydrogen-bond donors (Lipinski definition) is 2. The van der Waals surface area contributed by atoms with Gasteiger partial charge in [0.1, 0.15) is 12.4 Å². The Labute approximate surface area is 174 Å². The average molecular weight is 414 g/mol. The number of rotatable bonds is 7. The highest BCUT2D eigenvalue weighted by Gasteiger charge is 2.31. The summed E-state index contributed by atoms with van der Waals surface area (Å²) in [6.45, 7) is 2.91. The molecule has 3 N–H and O–H groups in total. The maximum Gasteiger partial charge on any atom is 0.255 e. The molecule has 2 aromatic rings. The van der Waals surface area contributed by atoms with Crippen LogP contribution in [0.25, 0.3) is 0 Å². The molecule has 7 nitrogen and oxygen atoms in total. The number of benzene rings is 1. The van der Waals surface area contributed by atoms with Crippen molar-refractivity contribution in [2.45, 2.75) is 38.8 Å². The number of nitrogens with zero attached hydrogens (tertiary/aromatic N) is 2. The van der Waals surface area contributed by atoms with Gasteiger partial charge in [-0.2, -0.15) is 0 Å². The number of pyridine rings is 1. The highest BCUT2D eigenvalue weighted by Crippen LogP contribution is 2.26. The number of carbonyl (C=O) groups is 2. The fourth-order valence-corrected chi connectivity index (χ4v) is 3.99. The second-order valence-corrected chi connectivity index (χ2v) is 7.70. The van der Waals surface area contributed by atoms with Crippen LogP contribution in [0.5, 0.6) is 0 Å². The standard InChI is InChI=1S/C22H27FN4O3/c1-2-4-15-9-10-26(13-19(15)25-18-6-3-5-17(23)11-18)22(30)16-7-8-21(29)27(12-16)14-20(24)28/h3,5-8,11-12,15,19,25H,2,4,9-10,13-14H2,1H3,(H2,24,28)/t15-,19+/m0/s1. The number of primary amides is 1. The number of hydrogen-bond acceptors (Lipinski definition) is 4. The van der Waals surface area contributed by atoms with Gasteiger partial charge in [-0.3, -0.25) is 14.4 Å². The second-order valence-electron chi connectivity index (χ2n) is 7.70. The van der Waals surface area contributed by atoms with Crippen LogP contribution in [0, 0.1) is 11.7 Å². The van der Waals surface area contributed by atoms with Crippen LogP contribution in [0.15, 0.2) is 47.4 Å². The van der Waals surface area contributed by atoms with E-state index in [0.717, 1.165) is 23.8 Å². The molecule has 1 aliphatic rings. The number of nitrogens with one attached hydrogen (secondary N) is 1. The second kappa shape index (κ2) is 9.56. The molecule has 2 heterocycles. The van der Waals surface area contributed by atoms with Crippen LogP contribution in [-0.2, 0) is 11.3 Å².